The molecule has 6 nitrogen and oxygen atoms in total. The number of nitrogens with one attached hydrogen (secondary N) is 1. The van der Waals surface area contributed by atoms with Gasteiger partial charge in [-0.15, -0.1) is 0 Å². The largest absolute Gasteiger partial charge is 0.481 e. The smallest absolute Gasteiger partial charge is 0.265 e. The summed E-state index contributed by atoms with van der Waals surface area (Å²) in [4.78, 5) is 12.6. The molecule has 0 unspecified atom stereocenters. The van der Waals surface area contributed by atoms with Crippen LogP contribution in [0.3, 0.4) is 0 Å². The first kappa shape index (κ1) is 21.1. The number of carbonyl (C=O) groups excluding carboxylic acids is 1. The molecule has 1 amide bonds. The zero-order chi connectivity index (χ0) is 20.2. The van der Waals surface area contributed by atoms with Crippen molar-refractivity contribution in [3.05, 3.63) is 53.1 Å². The van der Waals surface area contributed by atoms with Crippen molar-refractivity contribution in [2.75, 3.05) is 22.9 Å². The van der Waals surface area contributed by atoms with Gasteiger partial charge in [-0.05, 0) is 55.3 Å². The third kappa shape index (κ3) is 5.37. The molecule has 8 heteroatoms. The van der Waals surface area contributed by atoms with E-state index in [1.165, 1.54) is 11.4 Å². The molecular formula is C19H23ClN2O4S. The number of sulfonamides is 1. The maximum absolute atomic E-state index is 12.6. The van der Waals surface area contributed by atoms with Crippen LogP contribution in [0.5, 0.6) is 5.75 Å². The number of carbonyl (C=O) groups is 1. The van der Waals surface area contributed by atoms with Gasteiger partial charge in [0.1, 0.15) is 5.75 Å². The fraction of sp³-hybridized carbons (Fsp3) is 0.316. The van der Waals surface area contributed by atoms with Crippen LogP contribution in [0, 0.1) is 6.92 Å². The first-order valence-corrected chi connectivity index (χ1v) is 10.6. The molecule has 0 aromatic heterocycles. The van der Waals surface area contributed by atoms with E-state index in [0.717, 1.165) is 11.8 Å². The van der Waals surface area contributed by atoms with Crippen molar-refractivity contribution in [2.24, 2.45) is 0 Å². The SMILES string of the molecule is CC[C@H](Oc1ccc(N(C)S(C)(=O)=O)cc1)C(=O)Nc1cccc(Cl)c1C. The van der Waals surface area contributed by atoms with Gasteiger partial charge in [-0.1, -0.05) is 24.6 Å². The van der Waals surface area contributed by atoms with Crippen molar-refractivity contribution in [1.82, 2.24) is 0 Å². The fourth-order valence-corrected chi connectivity index (χ4v) is 3.05. The molecule has 0 saturated carbocycles. The Balaban J connectivity index is 2.10. The van der Waals surface area contributed by atoms with Crippen molar-refractivity contribution in [1.29, 1.82) is 0 Å². The number of anilines is 2. The molecule has 1 N–H and O–H groups in total. The lowest BCUT2D eigenvalue weighted by Gasteiger charge is -2.20. The maximum Gasteiger partial charge on any atom is 0.265 e. The van der Waals surface area contributed by atoms with Crippen LogP contribution in [0.2, 0.25) is 5.02 Å². The second-order valence-electron chi connectivity index (χ2n) is 6.14. The monoisotopic (exact) mass is 410 g/mol. The highest BCUT2D eigenvalue weighted by molar-refractivity contribution is 7.92. The highest BCUT2D eigenvalue weighted by atomic mass is 35.5. The van der Waals surface area contributed by atoms with E-state index in [2.05, 4.69) is 5.32 Å². The molecule has 0 radical (unpaired) electrons. The van der Waals surface area contributed by atoms with Crippen LogP contribution in [-0.2, 0) is 14.8 Å². The lowest BCUT2D eigenvalue weighted by molar-refractivity contribution is -0.122. The molecule has 2 rings (SSSR count). The van der Waals surface area contributed by atoms with Gasteiger partial charge in [0.05, 0.1) is 11.9 Å². The minimum atomic E-state index is -3.33. The summed E-state index contributed by atoms with van der Waals surface area (Å²) in [5, 5.41) is 3.41. The quantitative estimate of drug-likeness (QED) is 0.752. The summed E-state index contributed by atoms with van der Waals surface area (Å²) in [6, 6.07) is 11.8. The normalized spacial score (nSPS) is 12.3. The van der Waals surface area contributed by atoms with Crippen LogP contribution < -0.4 is 14.4 Å². The highest BCUT2D eigenvalue weighted by Gasteiger charge is 2.20. The molecular weight excluding hydrogens is 388 g/mol. The van der Waals surface area contributed by atoms with Gasteiger partial charge >= 0.3 is 0 Å². The molecule has 0 spiro atoms. The van der Waals surface area contributed by atoms with Crippen LogP contribution in [0.4, 0.5) is 11.4 Å². The minimum absolute atomic E-state index is 0.278. The third-order valence-corrected chi connectivity index (χ3v) is 5.78. The molecule has 0 saturated heterocycles. The average Bonchev–Trinajstić information content (AvgIpc) is 2.62. The zero-order valence-electron chi connectivity index (χ0n) is 15.7. The van der Waals surface area contributed by atoms with Gasteiger partial charge in [0.2, 0.25) is 10.0 Å². The van der Waals surface area contributed by atoms with E-state index >= 15 is 0 Å². The van der Waals surface area contributed by atoms with Crippen molar-refractivity contribution in [2.45, 2.75) is 26.4 Å². The van der Waals surface area contributed by atoms with Gasteiger partial charge in [0.15, 0.2) is 6.10 Å². The Morgan fingerprint density at radius 3 is 2.41 bits per heavy atom. The Morgan fingerprint density at radius 1 is 1.22 bits per heavy atom. The van der Waals surface area contributed by atoms with Gasteiger partial charge in [-0.25, -0.2) is 8.42 Å². The average molecular weight is 411 g/mol. The van der Waals surface area contributed by atoms with Crippen molar-refractivity contribution >= 4 is 38.9 Å². The molecule has 0 aliphatic carbocycles. The Morgan fingerprint density at radius 2 is 1.85 bits per heavy atom. The van der Waals surface area contributed by atoms with Gasteiger partial charge in [-0.3, -0.25) is 9.10 Å². The van der Waals surface area contributed by atoms with Crippen molar-refractivity contribution in [3.63, 3.8) is 0 Å². The number of nitrogens with zero attached hydrogens (tertiary/aromatic N) is 1. The second-order valence-corrected chi connectivity index (χ2v) is 8.56. The zero-order valence-corrected chi connectivity index (χ0v) is 17.3. The number of ether oxygens (including phenoxy) is 1. The number of hydrogen-bond donors (Lipinski definition) is 1. The molecule has 1 atom stereocenters. The fourth-order valence-electron chi connectivity index (χ4n) is 2.37. The molecule has 0 aliphatic heterocycles. The maximum atomic E-state index is 12.6. The number of hydrogen-bond acceptors (Lipinski definition) is 4. The van der Waals surface area contributed by atoms with Gasteiger partial charge < -0.3 is 10.1 Å². The third-order valence-electron chi connectivity index (χ3n) is 4.16. The van der Waals surface area contributed by atoms with E-state index in [0.29, 0.717) is 28.6 Å². The van der Waals surface area contributed by atoms with Gasteiger partial charge in [0.25, 0.3) is 5.91 Å². The summed E-state index contributed by atoms with van der Waals surface area (Å²) >= 11 is 6.08. The van der Waals surface area contributed by atoms with Gasteiger partial charge in [-0.2, -0.15) is 0 Å². The summed E-state index contributed by atoms with van der Waals surface area (Å²) in [7, 11) is -1.86. The number of rotatable bonds is 7. The first-order chi connectivity index (χ1) is 12.6. The van der Waals surface area contributed by atoms with Crippen molar-refractivity contribution < 1.29 is 17.9 Å². The summed E-state index contributed by atoms with van der Waals surface area (Å²) in [5.41, 5.74) is 1.94. The van der Waals surface area contributed by atoms with Crippen LogP contribution in [-0.4, -0.2) is 33.7 Å². The molecule has 0 fully saturated rings. The summed E-state index contributed by atoms with van der Waals surface area (Å²) in [6.45, 7) is 3.68. The van der Waals surface area contributed by atoms with Crippen LogP contribution in [0.1, 0.15) is 18.9 Å². The van der Waals surface area contributed by atoms with E-state index < -0.39 is 16.1 Å². The van der Waals surface area contributed by atoms with E-state index in [1.54, 1.807) is 42.5 Å². The molecule has 0 bridgehead atoms. The van der Waals surface area contributed by atoms with Crippen LogP contribution in [0.15, 0.2) is 42.5 Å². The Hall–Kier alpha value is -2.25. The minimum Gasteiger partial charge on any atom is -0.481 e. The first-order valence-electron chi connectivity index (χ1n) is 8.40. The molecule has 2 aromatic rings. The Bertz CT molecular complexity index is 914. The molecule has 2 aromatic carbocycles. The van der Waals surface area contributed by atoms with Crippen LogP contribution >= 0.6 is 11.6 Å². The molecule has 0 heterocycles. The van der Waals surface area contributed by atoms with Crippen molar-refractivity contribution in [3.8, 4) is 5.75 Å². The summed E-state index contributed by atoms with van der Waals surface area (Å²) < 4.78 is 30.1. The predicted molar refractivity (Wildman–Crippen MR) is 109 cm³/mol. The molecule has 0 aliphatic rings. The topological polar surface area (TPSA) is 75.7 Å². The standard InChI is InChI=1S/C19H23ClN2O4S/c1-5-18(19(23)21-17-8-6-7-16(20)13(17)2)26-15-11-9-14(10-12-15)22(3)27(4,24)25/h6-12,18H,5H2,1-4H3,(H,21,23)/t18-/m0/s1. The van der Waals surface area contributed by atoms with E-state index in [1.807, 2.05) is 13.8 Å². The number of amides is 1. The van der Waals surface area contributed by atoms with Crippen LogP contribution in [0.25, 0.3) is 0 Å². The Kier molecular flexibility index (Phi) is 6.73. The van der Waals surface area contributed by atoms with E-state index in [-0.39, 0.29) is 5.91 Å². The summed E-state index contributed by atoms with van der Waals surface area (Å²) in [5.74, 6) is 0.200. The van der Waals surface area contributed by atoms with E-state index in [9.17, 15) is 13.2 Å². The second kappa shape index (κ2) is 8.63. The predicted octanol–water partition coefficient (Wildman–Crippen LogP) is 3.84. The molecule has 146 valence electrons. The van der Waals surface area contributed by atoms with E-state index in [4.69, 9.17) is 16.3 Å². The van der Waals surface area contributed by atoms with Gasteiger partial charge in [0, 0.05) is 17.8 Å². The lowest BCUT2D eigenvalue weighted by atomic mass is 10.2. The summed E-state index contributed by atoms with van der Waals surface area (Å²) in [6.07, 6.45) is 0.908. The highest BCUT2D eigenvalue weighted by Crippen LogP contribution is 2.24. The Labute approximate surface area is 165 Å². The molecule has 27 heavy (non-hydrogen) atoms. The number of halogens is 1. The number of benzene rings is 2. The lowest BCUT2D eigenvalue weighted by Crippen LogP contribution is -2.32.